The molecule has 5 rings (SSSR count). The van der Waals surface area contributed by atoms with E-state index in [2.05, 4.69) is 30.5 Å². The number of nitrogens with zero attached hydrogens (tertiary/aromatic N) is 4. The number of benzene rings is 2. The van der Waals surface area contributed by atoms with Gasteiger partial charge in [-0.25, -0.2) is 19.4 Å². The van der Waals surface area contributed by atoms with E-state index in [-0.39, 0.29) is 19.2 Å². The predicted octanol–water partition coefficient (Wildman–Crippen LogP) is 2.89. The first kappa shape index (κ1) is 26.7. The van der Waals surface area contributed by atoms with Gasteiger partial charge < -0.3 is 30.4 Å². The first-order chi connectivity index (χ1) is 19.4. The number of H-pyrrole nitrogens is 1. The minimum atomic E-state index is -1.37. The van der Waals surface area contributed by atoms with Gasteiger partial charge in [-0.1, -0.05) is 42.5 Å². The number of alkyl carbamates (subject to hydrolysis) is 1. The lowest BCUT2D eigenvalue weighted by molar-refractivity contribution is -0.139. The number of aromatic amines is 1. The molecule has 0 saturated carbocycles. The fourth-order valence-electron chi connectivity index (χ4n) is 4.78. The number of fused-ring (bicyclic) bond motifs is 1. The van der Waals surface area contributed by atoms with Gasteiger partial charge in [0.15, 0.2) is 0 Å². The number of piperidine rings is 1. The molecule has 3 heterocycles. The van der Waals surface area contributed by atoms with Crippen LogP contribution in [0.15, 0.2) is 65.6 Å². The Morgan fingerprint density at radius 1 is 1.10 bits per heavy atom. The number of carbonyl (C=O) groups is 2. The second-order valence-corrected chi connectivity index (χ2v) is 9.79. The van der Waals surface area contributed by atoms with E-state index in [9.17, 15) is 19.5 Å². The van der Waals surface area contributed by atoms with E-state index in [4.69, 9.17) is 4.74 Å². The van der Waals surface area contributed by atoms with E-state index in [0.29, 0.717) is 18.9 Å². The summed E-state index contributed by atoms with van der Waals surface area (Å²) in [5, 5.41) is 15.4. The molecule has 12 nitrogen and oxygen atoms in total. The standard InChI is InChI=1S/C28H31N7O5/c1-18-15-35(16-23(25(36)37)32-28(39)40-17-19-7-3-2-4-8-19)27(38)33-24(18)34-13-11-20(12-14-34)29-26-30-21-9-5-6-10-22(21)31-26/h2-10,15,20,23H,11-14,16-17H2,1H3,(H,32,39)(H,36,37)(H2,29,30,31)/t23-/m0/s1. The Morgan fingerprint density at radius 2 is 1.82 bits per heavy atom. The molecule has 0 spiro atoms. The third kappa shape index (κ3) is 6.40. The number of anilines is 2. The number of aromatic nitrogens is 4. The predicted molar refractivity (Wildman–Crippen MR) is 149 cm³/mol. The summed E-state index contributed by atoms with van der Waals surface area (Å²) in [6.07, 6.45) is 2.36. The fourth-order valence-corrected chi connectivity index (χ4v) is 4.78. The van der Waals surface area contributed by atoms with Crippen LogP contribution in [0.4, 0.5) is 16.6 Å². The molecular weight excluding hydrogens is 514 g/mol. The van der Waals surface area contributed by atoms with E-state index in [1.807, 2.05) is 49.4 Å². The first-order valence-corrected chi connectivity index (χ1v) is 13.1. The highest BCUT2D eigenvalue weighted by Gasteiger charge is 2.25. The zero-order valence-corrected chi connectivity index (χ0v) is 22.0. The molecule has 1 saturated heterocycles. The van der Waals surface area contributed by atoms with Crippen molar-refractivity contribution < 1.29 is 19.4 Å². The summed E-state index contributed by atoms with van der Waals surface area (Å²) in [6.45, 7) is 2.93. The van der Waals surface area contributed by atoms with Gasteiger partial charge in [0.05, 0.1) is 17.6 Å². The van der Waals surface area contributed by atoms with Crippen LogP contribution < -0.4 is 21.2 Å². The highest BCUT2D eigenvalue weighted by Crippen LogP contribution is 2.23. The number of carboxylic acid groups (broad SMARTS) is 1. The molecule has 0 aliphatic carbocycles. The highest BCUT2D eigenvalue weighted by atomic mass is 16.5. The SMILES string of the molecule is Cc1cn(C[C@H](NC(=O)OCc2ccccc2)C(=O)O)c(=O)nc1N1CCC(Nc2nc3ccccc3[nH]2)CC1. The normalized spacial score (nSPS) is 14.6. The van der Waals surface area contributed by atoms with Crippen molar-refractivity contribution in [2.45, 2.75) is 45.0 Å². The molecule has 1 amide bonds. The number of hydrogen-bond donors (Lipinski definition) is 4. The van der Waals surface area contributed by atoms with Crippen molar-refractivity contribution in [3.8, 4) is 0 Å². The van der Waals surface area contributed by atoms with Crippen LogP contribution in [0.3, 0.4) is 0 Å². The number of ether oxygens (including phenoxy) is 1. The smallest absolute Gasteiger partial charge is 0.408 e. The van der Waals surface area contributed by atoms with Crippen molar-refractivity contribution in [1.82, 2.24) is 24.8 Å². The number of aliphatic carboxylic acids is 1. The van der Waals surface area contributed by atoms with Crippen LogP contribution in [0.25, 0.3) is 11.0 Å². The Bertz CT molecular complexity index is 1510. The van der Waals surface area contributed by atoms with Gasteiger partial charge >= 0.3 is 17.8 Å². The van der Waals surface area contributed by atoms with Gasteiger partial charge in [-0.05, 0) is 37.5 Å². The van der Waals surface area contributed by atoms with Gasteiger partial charge in [0.2, 0.25) is 5.95 Å². The van der Waals surface area contributed by atoms with Crippen LogP contribution >= 0.6 is 0 Å². The number of amides is 1. The number of rotatable bonds is 9. The van der Waals surface area contributed by atoms with Crippen LogP contribution in [0, 0.1) is 6.92 Å². The molecule has 1 aliphatic rings. The molecule has 0 radical (unpaired) electrons. The molecule has 4 aromatic rings. The number of carboxylic acids is 1. The van der Waals surface area contributed by atoms with Gasteiger partial charge in [0, 0.05) is 30.9 Å². The summed E-state index contributed by atoms with van der Waals surface area (Å²) in [4.78, 5) is 51.1. The molecule has 1 atom stereocenters. The van der Waals surface area contributed by atoms with Crippen molar-refractivity contribution in [2.75, 3.05) is 23.3 Å². The molecule has 2 aromatic heterocycles. The third-order valence-corrected chi connectivity index (χ3v) is 6.86. The molecule has 0 bridgehead atoms. The molecule has 1 aliphatic heterocycles. The fraction of sp³-hybridized carbons (Fsp3) is 0.321. The van der Waals surface area contributed by atoms with E-state index in [0.717, 1.165) is 41.0 Å². The molecule has 4 N–H and O–H groups in total. The van der Waals surface area contributed by atoms with Crippen LogP contribution in [-0.4, -0.2) is 61.9 Å². The van der Waals surface area contributed by atoms with Gasteiger partial charge in [-0.15, -0.1) is 0 Å². The third-order valence-electron chi connectivity index (χ3n) is 6.86. The summed E-state index contributed by atoms with van der Waals surface area (Å²) >= 11 is 0. The monoisotopic (exact) mass is 545 g/mol. The molecule has 0 unspecified atom stereocenters. The summed E-state index contributed by atoms with van der Waals surface area (Å²) < 4.78 is 6.33. The van der Waals surface area contributed by atoms with Crippen molar-refractivity contribution >= 4 is 34.9 Å². The Balaban J connectivity index is 1.17. The molecular formula is C28H31N7O5. The lowest BCUT2D eigenvalue weighted by Crippen LogP contribution is -2.46. The second-order valence-electron chi connectivity index (χ2n) is 9.79. The van der Waals surface area contributed by atoms with E-state index in [1.165, 1.54) is 4.57 Å². The lowest BCUT2D eigenvalue weighted by atomic mass is 10.0. The minimum absolute atomic E-state index is 0.00118. The van der Waals surface area contributed by atoms with E-state index >= 15 is 0 Å². The van der Waals surface area contributed by atoms with Crippen molar-refractivity contribution in [1.29, 1.82) is 0 Å². The van der Waals surface area contributed by atoms with Crippen LogP contribution in [0.5, 0.6) is 0 Å². The highest BCUT2D eigenvalue weighted by molar-refractivity contribution is 5.80. The number of imidazole rings is 1. The number of carbonyl (C=O) groups excluding carboxylic acids is 1. The van der Waals surface area contributed by atoms with Crippen molar-refractivity contribution in [3.05, 3.63) is 82.4 Å². The van der Waals surface area contributed by atoms with Gasteiger partial charge in [-0.2, -0.15) is 4.98 Å². The van der Waals surface area contributed by atoms with Crippen molar-refractivity contribution in [2.24, 2.45) is 0 Å². The summed E-state index contributed by atoms with van der Waals surface area (Å²) in [6, 6.07) is 15.8. The zero-order valence-electron chi connectivity index (χ0n) is 22.0. The number of nitrogens with one attached hydrogen (secondary N) is 3. The quantitative estimate of drug-likeness (QED) is 0.248. The van der Waals surface area contributed by atoms with Gasteiger partial charge in [-0.3, -0.25) is 4.57 Å². The average Bonchev–Trinajstić information content (AvgIpc) is 3.36. The largest absolute Gasteiger partial charge is 0.480 e. The average molecular weight is 546 g/mol. The Kier molecular flexibility index (Phi) is 7.94. The summed E-state index contributed by atoms with van der Waals surface area (Å²) in [5.74, 6) is 0.0250. The van der Waals surface area contributed by atoms with E-state index < -0.39 is 23.8 Å². The van der Waals surface area contributed by atoms with Crippen LogP contribution in [0.1, 0.15) is 24.0 Å². The lowest BCUT2D eigenvalue weighted by Gasteiger charge is -2.33. The molecule has 1 fully saturated rings. The molecule has 40 heavy (non-hydrogen) atoms. The minimum Gasteiger partial charge on any atom is -0.480 e. The number of aryl methyl sites for hydroxylation is 1. The Labute approximate surface area is 230 Å². The van der Waals surface area contributed by atoms with E-state index in [1.54, 1.807) is 18.3 Å². The molecule has 2 aromatic carbocycles. The van der Waals surface area contributed by atoms with Crippen LogP contribution in [0.2, 0.25) is 0 Å². The number of para-hydroxylation sites is 2. The zero-order chi connectivity index (χ0) is 28.1. The first-order valence-electron chi connectivity index (χ1n) is 13.1. The van der Waals surface area contributed by atoms with Crippen LogP contribution in [-0.2, 0) is 22.7 Å². The Morgan fingerprint density at radius 3 is 2.55 bits per heavy atom. The topological polar surface area (TPSA) is 154 Å². The maximum Gasteiger partial charge on any atom is 0.408 e. The second kappa shape index (κ2) is 11.9. The van der Waals surface area contributed by atoms with Crippen molar-refractivity contribution in [3.63, 3.8) is 0 Å². The summed E-state index contributed by atoms with van der Waals surface area (Å²) in [7, 11) is 0. The number of hydrogen-bond acceptors (Lipinski definition) is 8. The van der Waals surface area contributed by atoms with Gasteiger partial charge in [0.25, 0.3) is 0 Å². The van der Waals surface area contributed by atoms with Gasteiger partial charge in [0.1, 0.15) is 18.5 Å². The maximum absolute atomic E-state index is 12.8. The Hall–Kier alpha value is -4.87. The summed E-state index contributed by atoms with van der Waals surface area (Å²) in [5.41, 5.74) is 2.80. The molecule has 208 valence electrons. The molecule has 12 heteroatoms. The maximum atomic E-state index is 12.8.